The van der Waals surface area contributed by atoms with Crippen molar-refractivity contribution in [2.45, 2.75) is 58.4 Å². The van der Waals surface area contributed by atoms with Crippen LogP contribution in [0.1, 0.15) is 52.4 Å². The molecule has 21 heavy (non-hydrogen) atoms. The Hall–Kier alpha value is -1.43. The standard InChI is InChI=1S/C15H28N2O4/c1-11(2)15(21)12(16-3)7-4-5-10-17-13(18)8-6-9-14(19)20/h11-12,16H,4-10H2,1-3H3,(H,17,18)(H,19,20). The number of carbonyl (C=O) groups is 3. The van der Waals surface area contributed by atoms with E-state index in [1.54, 1.807) is 7.05 Å². The van der Waals surface area contributed by atoms with Gasteiger partial charge < -0.3 is 15.7 Å². The summed E-state index contributed by atoms with van der Waals surface area (Å²) in [4.78, 5) is 33.6. The molecule has 0 saturated carbocycles. The second kappa shape index (κ2) is 11.3. The van der Waals surface area contributed by atoms with Gasteiger partial charge in [0.1, 0.15) is 0 Å². The van der Waals surface area contributed by atoms with E-state index in [4.69, 9.17) is 5.11 Å². The molecule has 0 aromatic carbocycles. The number of carboxylic acid groups (broad SMARTS) is 1. The molecule has 1 unspecified atom stereocenters. The van der Waals surface area contributed by atoms with Crippen LogP contribution in [0.2, 0.25) is 0 Å². The molecule has 0 heterocycles. The third-order valence-electron chi connectivity index (χ3n) is 3.30. The molecule has 0 aromatic heterocycles. The SMILES string of the molecule is CNC(CCCCNC(=O)CCCC(=O)O)C(=O)C(C)C. The first-order chi connectivity index (χ1) is 9.88. The van der Waals surface area contributed by atoms with Crippen molar-refractivity contribution in [3.8, 4) is 0 Å². The van der Waals surface area contributed by atoms with Crippen molar-refractivity contribution < 1.29 is 19.5 Å². The molecule has 6 heteroatoms. The molecule has 0 fully saturated rings. The number of carboxylic acids is 1. The Balaban J connectivity index is 3.68. The number of hydrogen-bond acceptors (Lipinski definition) is 4. The molecule has 0 spiro atoms. The molecular weight excluding hydrogens is 272 g/mol. The van der Waals surface area contributed by atoms with E-state index in [0.717, 1.165) is 19.3 Å². The van der Waals surface area contributed by atoms with Gasteiger partial charge in [-0.25, -0.2) is 0 Å². The Morgan fingerprint density at radius 1 is 1.05 bits per heavy atom. The fourth-order valence-corrected chi connectivity index (χ4v) is 2.02. The molecule has 0 radical (unpaired) electrons. The lowest BCUT2D eigenvalue weighted by atomic mass is 9.97. The first-order valence-corrected chi connectivity index (χ1v) is 7.58. The summed E-state index contributed by atoms with van der Waals surface area (Å²) in [5, 5.41) is 14.3. The molecule has 6 nitrogen and oxygen atoms in total. The lowest BCUT2D eigenvalue weighted by Crippen LogP contribution is -2.36. The van der Waals surface area contributed by atoms with Crippen molar-refractivity contribution >= 4 is 17.7 Å². The van der Waals surface area contributed by atoms with Crippen LogP contribution in [-0.4, -0.2) is 42.4 Å². The van der Waals surface area contributed by atoms with Crippen molar-refractivity contribution in [1.82, 2.24) is 10.6 Å². The van der Waals surface area contributed by atoms with E-state index in [0.29, 0.717) is 13.0 Å². The van der Waals surface area contributed by atoms with E-state index in [1.807, 2.05) is 13.8 Å². The quantitative estimate of drug-likeness (QED) is 0.473. The van der Waals surface area contributed by atoms with Crippen molar-refractivity contribution in [3.05, 3.63) is 0 Å². The zero-order chi connectivity index (χ0) is 16.3. The molecule has 0 aromatic rings. The number of hydrogen-bond donors (Lipinski definition) is 3. The summed E-state index contributed by atoms with van der Waals surface area (Å²) in [5.74, 6) is -0.748. The van der Waals surface area contributed by atoms with Crippen LogP contribution in [0.4, 0.5) is 0 Å². The van der Waals surface area contributed by atoms with Crippen LogP contribution >= 0.6 is 0 Å². The summed E-state index contributed by atoms with van der Waals surface area (Å²) in [7, 11) is 1.79. The van der Waals surface area contributed by atoms with Gasteiger partial charge in [-0.3, -0.25) is 14.4 Å². The highest BCUT2D eigenvalue weighted by Gasteiger charge is 2.18. The van der Waals surface area contributed by atoms with E-state index in [2.05, 4.69) is 10.6 Å². The maximum Gasteiger partial charge on any atom is 0.303 e. The normalized spacial score (nSPS) is 12.2. The zero-order valence-corrected chi connectivity index (χ0v) is 13.3. The first kappa shape index (κ1) is 19.6. The predicted octanol–water partition coefficient (Wildman–Crippen LogP) is 1.34. The van der Waals surface area contributed by atoms with Gasteiger partial charge in [0, 0.05) is 25.3 Å². The second-order valence-electron chi connectivity index (χ2n) is 5.49. The summed E-state index contributed by atoms with van der Waals surface area (Å²) in [5.41, 5.74) is 0. The third kappa shape index (κ3) is 10.0. The Morgan fingerprint density at radius 2 is 1.71 bits per heavy atom. The van der Waals surface area contributed by atoms with E-state index < -0.39 is 5.97 Å². The minimum absolute atomic E-state index is 0.0224. The van der Waals surface area contributed by atoms with Crippen LogP contribution in [0, 0.1) is 5.92 Å². The molecule has 0 rings (SSSR count). The van der Waals surface area contributed by atoms with E-state index in [-0.39, 0.29) is 36.5 Å². The fourth-order valence-electron chi connectivity index (χ4n) is 2.02. The van der Waals surface area contributed by atoms with Crippen molar-refractivity contribution in [2.75, 3.05) is 13.6 Å². The summed E-state index contributed by atoms with van der Waals surface area (Å²) < 4.78 is 0. The lowest BCUT2D eigenvalue weighted by molar-refractivity contribution is -0.137. The smallest absolute Gasteiger partial charge is 0.303 e. The van der Waals surface area contributed by atoms with Crippen LogP contribution < -0.4 is 10.6 Å². The fraction of sp³-hybridized carbons (Fsp3) is 0.800. The first-order valence-electron chi connectivity index (χ1n) is 7.58. The molecular formula is C15H28N2O4. The number of aliphatic carboxylic acids is 1. The van der Waals surface area contributed by atoms with Gasteiger partial charge in [0.25, 0.3) is 0 Å². The van der Waals surface area contributed by atoms with Gasteiger partial charge in [-0.15, -0.1) is 0 Å². The molecule has 0 aliphatic heterocycles. The number of carbonyl (C=O) groups excluding carboxylic acids is 2. The van der Waals surface area contributed by atoms with E-state index in [9.17, 15) is 14.4 Å². The van der Waals surface area contributed by atoms with Gasteiger partial charge >= 0.3 is 5.97 Å². The number of amides is 1. The highest BCUT2D eigenvalue weighted by Crippen LogP contribution is 2.07. The van der Waals surface area contributed by atoms with Crippen LogP contribution in [-0.2, 0) is 14.4 Å². The van der Waals surface area contributed by atoms with Crippen LogP contribution in [0.25, 0.3) is 0 Å². The van der Waals surface area contributed by atoms with Gasteiger partial charge in [-0.1, -0.05) is 13.8 Å². The van der Waals surface area contributed by atoms with Gasteiger partial charge in [0.15, 0.2) is 5.78 Å². The van der Waals surface area contributed by atoms with Crippen molar-refractivity contribution in [1.29, 1.82) is 0 Å². The third-order valence-corrected chi connectivity index (χ3v) is 3.30. The number of Topliss-reactive ketones (excluding diaryl/α,β-unsaturated/α-hetero) is 1. The Kier molecular flexibility index (Phi) is 10.5. The van der Waals surface area contributed by atoms with Crippen LogP contribution in [0.15, 0.2) is 0 Å². The number of ketones is 1. The number of likely N-dealkylation sites (N-methyl/N-ethyl adjacent to an activating group) is 1. The van der Waals surface area contributed by atoms with E-state index in [1.165, 1.54) is 0 Å². The Labute approximate surface area is 126 Å². The molecule has 1 atom stereocenters. The zero-order valence-electron chi connectivity index (χ0n) is 13.3. The number of unbranched alkanes of at least 4 members (excludes halogenated alkanes) is 1. The molecule has 1 amide bonds. The minimum Gasteiger partial charge on any atom is -0.481 e. The lowest BCUT2D eigenvalue weighted by Gasteiger charge is -2.17. The Morgan fingerprint density at radius 3 is 2.24 bits per heavy atom. The summed E-state index contributed by atoms with van der Waals surface area (Å²) in [6.45, 7) is 4.35. The van der Waals surface area contributed by atoms with E-state index >= 15 is 0 Å². The average molecular weight is 300 g/mol. The average Bonchev–Trinajstić information content (AvgIpc) is 2.41. The monoisotopic (exact) mass is 300 g/mol. The Bertz CT molecular complexity index is 343. The molecule has 0 bridgehead atoms. The van der Waals surface area contributed by atoms with Gasteiger partial charge in [0.2, 0.25) is 5.91 Å². The number of nitrogens with one attached hydrogen (secondary N) is 2. The number of rotatable bonds is 12. The maximum absolute atomic E-state index is 11.8. The summed E-state index contributed by atoms with van der Waals surface area (Å²) in [6.07, 6.45) is 3.08. The van der Waals surface area contributed by atoms with Crippen molar-refractivity contribution in [2.24, 2.45) is 5.92 Å². The highest BCUT2D eigenvalue weighted by atomic mass is 16.4. The molecule has 122 valence electrons. The van der Waals surface area contributed by atoms with Crippen molar-refractivity contribution in [3.63, 3.8) is 0 Å². The maximum atomic E-state index is 11.8. The van der Waals surface area contributed by atoms with Crippen LogP contribution in [0.5, 0.6) is 0 Å². The molecule has 0 aliphatic carbocycles. The molecule has 0 aliphatic rings. The van der Waals surface area contributed by atoms with Gasteiger partial charge in [-0.05, 0) is 32.7 Å². The van der Waals surface area contributed by atoms with Crippen LogP contribution in [0.3, 0.4) is 0 Å². The summed E-state index contributed by atoms with van der Waals surface area (Å²) in [6, 6.07) is -0.115. The largest absolute Gasteiger partial charge is 0.481 e. The molecule has 3 N–H and O–H groups in total. The van der Waals surface area contributed by atoms with Gasteiger partial charge in [-0.2, -0.15) is 0 Å². The summed E-state index contributed by atoms with van der Waals surface area (Å²) >= 11 is 0. The minimum atomic E-state index is -0.879. The topological polar surface area (TPSA) is 95.5 Å². The predicted molar refractivity (Wildman–Crippen MR) is 81.0 cm³/mol. The molecule has 0 saturated heterocycles. The highest BCUT2D eigenvalue weighted by molar-refractivity contribution is 5.85. The van der Waals surface area contributed by atoms with Gasteiger partial charge in [0.05, 0.1) is 6.04 Å². The second-order valence-corrected chi connectivity index (χ2v) is 5.49.